The molecule has 0 aliphatic heterocycles. The zero-order valence-corrected chi connectivity index (χ0v) is 13.1. The molecule has 0 amide bonds. The highest BCUT2D eigenvalue weighted by Crippen LogP contribution is 2.02. The summed E-state index contributed by atoms with van der Waals surface area (Å²) < 4.78 is 2.04. The number of hydrogen-bond donors (Lipinski definition) is 1. The number of nitrogens with zero attached hydrogens (tertiary/aromatic N) is 4. The summed E-state index contributed by atoms with van der Waals surface area (Å²) in [5.41, 5.74) is 0. The largest absolute Gasteiger partial charge is 0.317 e. The topological polar surface area (TPSA) is 46.0 Å². The number of aromatic nitrogens is 3. The van der Waals surface area contributed by atoms with Gasteiger partial charge in [0.05, 0.1) is 6.54 Å². The third-order valence-corrected chi connectivity index (χ3v) is 3.80. The molecule has 5 nitrogen and oxygen atoms in total. The van der Waals surface area contributed by atoms with Gasteiger partial charge in [-0.2, -0.15) is 0 Å². The summed E-state index contributed by atoms with van der Waals surface area (Å²) in [6, 6.07) is 0.521. The summed E-state index contributed by atoms with van der Waals surface area (Å²) in [4.78, 5) is 2.47. The third-order valence-electron chi connectivity index (χ3n) is 3.80. The molecule has 1 N–H and O–H groups in total. The monoisotopic (exact) mass is 267 g/mol. The second-order valence-electron chi connectivity index (χ2n) is 5.17. The molecule has 1 aromatic heterocycles. The molecule has 1 unspecified atom stereocenters. The van der Waals surface area contributed by atoms with E-state index in [9.17, 15) is 0 Å². The number of nitrogens with one attached hydrogen (secondary N) is 1. The molecule has 5 heteroatoms. The molecule has 1 aromatic rings. The highest BCUT2D eigenvalue weighted by atomic mass is 15.3. The summed E-state index contributed by atoms with van der Waals surface area (Å²) in [5, 5.41) is 11.8. The fourth-order valence-electron chi connectivity index (χ4n) is 2.13. The Balaban J connectivity index is 2.21. The maximum atomic E-state index is 4.16. The van der Waals surface area contributed by atoms with Gasteiger partial charge in [0.2, 0.25) is 0 Å². The lowest BCUT2D eigenvalue weighted by atomic mass is 10.1. The van der Waals surface area contributed by atoms with Crippen LogP contribution in [-0.2, 0) is 13.6 Å². The summed E-state index contributed by atoms with van der Waals surface area (Å²) in [6.45, 7) is 13.0. The van der Waals surface area contributed by atoms with Crippen molar-refractivity contribution in [3.05, 3.63) is 11.6 Å². The lowest BCUT2D eigenvalue weighted by Crippen LogP contribution is -2.29. The molecule has 1 heterocycles. The van der Waals surface area contributed by atoms with E-state index in [0.29, 0.717) is 6.04 Å². The van der Waals surface area contributed by atoms with E-state index in [2.05, 4.69) is 41.2 Å². The molecule has 1 rings (SSSR count). The number of hydrogen-bond acceptors (Lipinski definition) is 4. The molecule has 0 saturated heterocycles. The smallest absolute Gasteiger partial charge is 0.146 e. The van der Waals surface area contributed by atoms with Gasteiger partial charge in [-0.25, -0.2) is 0 Å². The minimum Gasteiger partial charge on any atom is -0.317 e. The predicted octanol–water partition coefficient (Wildman–Crippen LogP) is 1.72. The Morgan fingerprint density at radius 3 is 2.47 bits per heavy atom. The van der Waals surface area contributed by atoms with Crippen molar-refractivity contribution in [3.63, 3.8) is 0 Å². The second kappa shape index (κ2) is 8.27. The first kappa shape index (κ1) is 16.1. The van der Waals surface area contributed by atoms with Crippen LogP contribution in [0, 0.1) is 6.92 Å². The van der Waals surface area contributed by atoms with Crippen LogP contribution in [-0.4, -0.2) is 45.3 Å². The molecular weight excluding hydrogens is 238 g/mol. The molecule has 19 heavy (non-hydrogen) atoms. The molecule has 0 fully saturated rings. The van der Waals surface area contributed by atoms with Crippen LogP contribution in [0.4, 0.5) is 0 Å². The maximum absolute atomic E-state index is 4.16. The first-order chi connectivity index (χ1) is 9.08. The van der Waals surface area contributed by atoms with Gasteiger partial charge in [0.25, 0.3) is 0 Å². The van der Waals surface area contributed by atoms with Crippen molar-refractivity contribution in [2.24, 2.45) is 7.05 Å². The van der Waals surface area contributed by atoms with E-state index in [1.165, 1.54) is 19.4 Å². The van der Waals surface area contributed by atoms with Gasteiger partial charge < -0.3 is 14.8 Å². The van der Waals surface area contributed by atoms with E-state index in [0.717, 1.165) is 31.3 Å². The van der Waals surface area contributed by atoms with E-state index < -0.39 is 0 Å². The first-order valence-electron chi connectivity index (χ1n) is 7.39. The van der Waals surface area contributed by atoms with Crippen molar-refractivity contribution in [1.29, 1.82) is 0 Å². The molecule has 0 spiro atoms. The van der Waals surface area contributed by atoms with Crippen LogP contribution in [0.3, 0.4) is 0 Å². The normalized spacial score (nSPS) is 13.2. The van der Waals surface area contributed by atoms with Crippen LogP contribution >= 0.6 is 0 Å². The Kier molecular flexibility index (Phi) is 7.02. The Morgan fingerprint density at radius 1 is 1.26 bits per heavy atom. The van der Waals surface area contributed by atoms with Gasteiger partial charge in [0.1, 0.15) is 11.6 Å². The summed E-state index contributed by atoms with van der Waals surface area (Å²) >= 11 is 0. The molecule has 0 aromatic carbocycles. The van der Waals surface area contributed by atoms with Crippen LogP contribution in [0.1, 0.15) is 45.3 Å². The molecule has 0 saturated carbocycles. The second-order valence-corrected chi connectivity index (χ2v) is 5.17. The predicted molar refractivity (Wildman–Crippen MR) is 79.1 cm³/mol. The fourth-order valence-corrected chi connectivity index (χ4v) is 2.13. The van der Waals surface area contributed by atoms with Crippen molar-refractivity contribution in [2.75, 3.05) is 19.6 Å². The molecule has 0 aliphatic carbocycles. The highest BCUT2D eigenvalue weighted by molar-refractivity contribution is 4.92. The average molecular weight is 267 g/mol. The van der Waals surface area contributed by atoms with Crippen LogP contribution < -0.4 is 5.32 Å². The van der Waals surface area contributed by atoms with E-state index in [4.69, 9.17) is 0 Å². The summed E-state index contributed by atoms with van der Waals surface area (Å²) in [5.74, 6) is 1.97. The van der Waals surface area contributed by atoms with Crippen LogP contribution in [0.5, 0.6) is 0 Å². The molecule has 0 radical (unpaired) electrons. The zero-order chi connectivity index (χ0) is 14.3. The minimum atomic E-state index is 0.521. The highest BCUT2D eigenvalue weighted by Gasteiger charge is 2.07. The fraction of sp³-hybridized carbons (Fsp3) is 0.857. The third kappa shape index (κ3) is 5.28. The molecule has 1 atom stereocenters. The first-order valence-corrected chi connectivity index (χ1v) is 7.39. The van der Waals surface area contributed by atoms with Crippen molar-refractivity contribution >= 4 is 0 Å². The van der Waals surface area contributed by atoms with Crippen molar-refractivity contribution in [2.45, 2.75) is 53.1 Å². The van der Waals surface area contributed by atoms with Crippen molar-refractivity contribution in [3.8, 4) is 0 Å². The average Bonchev–Trinajstić information content (AvgIpc) is 2.73. The number of rotatable bonds is 9. The van der Waals surface area contributed by atoms with E-state index in [-0.39, 0.29) is 0 Å². The van der Waals surface area contributed by atoms with Gasteiger partial charge in [0, 0.05) is 13.1 Å². The standard InChI is InChI=1S/C14H29N5/c1-6-19(7-2)10-8-9-12(3)15-11-14-17-16-13(4)18(14)5/h12,15H,6-11H2,1-5H3. The quantitative estimate of drug-likeness (QED) is 0.740. The summed E-state index contributed by atoms with van der Waals surface area (Å²) in [7, 11) is 2.01. The van der Waals surface area contributed by atoms with Gasteiger partial charge in [-0.05, 0) is 46.3 Å². The lowest BCUT2D eigenvalue weighted by molar-refractivity contribution is 0.290. The van der Waals surface area contributed by atoms with Gasteiger partial charge in [0.15, 0.2) is 0 Å². The van der Waals surface area contributed by atoms with Gasteiger partial charge >= 0.3 is 0 Å². The molecular formula is C14H29N5. The maximum Gasteiger partial charge on any atom is 0.146 e. The Bertz CT molecular complexity index is 357. The molecule has 0 bridgehead atoms. The van der Waals surface area contributed by atoms with Crippen LogP contribution in [0.2, 0.25) is 0 Å². The Labute approximate surface area is 117 Å². The van der Waals surface area contributed by atoms with E-state index >= 15 is 0 Å². The van der Waals surface area contributed by atoms with Crippen LogP contribution in [0.15, 0.2) is 0 Å². The Morgan fingerprint density at radius 2 is 1.95 bits per heavy atom. The summed E-state index contributed by atoms with van der Waals surface area (Å²) in [6.07, 6.45) is 2.45. The van der Waals surface area contributed by atoms with E-state index in [1.807, 2.05) is 18.5 Å². The van der Waals surface area contributed by atoms with Gasteiger partial charge in [-0.15, -0.1) is 10.2 Å². The lowest BCUT2D eigenvalue weighted by Gasteiger charge is -2.19. The molecule has 0 aliphatic rings. The van der Waals surface area contributed by atoms with Crippen molar-refractivity contribution in [1.82, 2.24) is 25.0 Å². The SMILES string of the molecule is CCN(CC)CCCC(C)NCc1nnc(C)n1C. The van der Waals surface area contributed by atoms with E-state index in [1.54, 1.807) is 0 Å². The molecule has 110 valence electrons. The zero-order valence-electron chi connectivity index (χ0n) is 13.1. The Hall–Kier alpha value is -0.940. The van der Waals surface area contributed by atoms with Crippen molar-refractivity contribution < 1.29 is 0 Å². The van der Waals surface area contributed by atoms with Crippen LogP contribution in [0.25, 0.3) is 0 Å². The van der Waals surface area contributed by atoms with Gasteiger partial charge in [-0.3, -0.25) is 0 Å². The minimum absolute atomic E-state index is 0.521. The van der Waals surface area contributed by atoms with Gasteiger partial charge in [-0.1, -0.05) is 13.8 Å². The number of aryl methyl sites for hydroxylation is 1.